The Kier molecular flexibility index (Phi) is 4.77. The van der Waals surface area contributed by atoms with Gasteiger partial charge in [-0.2, -0.15) is 0 Å². The molecule has 5 rings (SSSR count). The van der Waals surface area contributed by atoms with E-state index >= 15 is 0 Å². The molecule has 0 spiro atoms. The largest absolute Gasteiger partial charge is 0.486 e. The lowest BCUT2D eigenvalue weighted by molar-refractivity contribution is 0.0931. The minimum atomic E-state index is -0.0470. The number of para-hydroxylation sites is 1. The zero-order chi connectivity index (χ0) is 19.6. The number of nitrogens with zero attached hydrogens (tertiary/aromatic N) is 1. The van der Waals surface area contributed by atoms with E-state index in [-0.39, 0.29) is 11.9 Å². The standard InChI is InChI=1S/C23H23N3O3/c27-23(25-16-7-9-24-10-8-16)18-14-20(26-19-4-2-1-3-17(18)19)15-5-6-21-22(13-15)29-12-11-28-21/h1-6,13-14,16,24H,7-12H2,(H,25,27). The Morgan fingerprint density at radius 3 is 2.66 bits per heavy atom. The Morgan fingerprint density at radius 1 is 1.00 bits per heavy atom. The van der Waals surface area contributed by atoms with Gasteiger partial charge in [-0.3, -0.25) is 4.79 Å². The predicted octanol–water partition coefficient (Wildman–Crippen LogP) is 3.15. The smallest absolute Gasteiger partial charge is 0.252 e. The van der Waals surface area contributed by atoms with Crippen molar-refractivity contribution in [3.63, 3.8) is 0 Å². The first-order chi connectivity index (χ1) is 14.3. The van der Waals surface area contributed by atoms with E-state index < -0.39 is 0 Å². The molecule has 1 aromatic heterocycles. The zero-order valence-corrected chi connectivity index (χ0v) is 16.1. The van der Waals surface area contributed by atoms with Gasteiger partial charge in [0.2, 0.25) is 0 Å². The third kappa shape index (κ3) is 3.63. The monoisotopic (exact) mass is 389 g/mol. The van der Waals surface area contributed by atoms with E-state index in [1.54, 1.807) is 0 Å². The van der Waals surface area contributed by atoms with Crippen molar-refractivity contribution in [3.05, 3.63) is 54.1 Å². The molecule has 2 aliphatic heterocycles. The predicted molar refractivity (Wildman–Crippen MR) is 112 cm³/mol. The van der Waals surface area contributed by atoms with E-state index in [4.69, 9.17) is 14.5 Å². The number of nitrogens with one attached hydrogen (secondary N) is 2. The lowest BCUT2D eigenvalue weighted by Crippen LogP contribution is -2.42. The lowest BCUT2D eigenvalue weighted by atomic mass is 10.0. The van der Waals surface area contributed by atoms with Crippen molar-refractivity contribution in [2.75, 3.05) is 26.3 Å². The van der Waals surface area contributed by atoms with Crippen molar-refractivity contribution in [2.24, 2.45) is 0 Å². The summed E-state index contributed by atoms with van der Waals surface area (Å²) in [5.41, 5.74) is 3.10. The molecule has 148 valence electrons. The number of amides is 1. The highest BCUT2D eigenvalue weighted by atomic mass is 16.6. The van der Waals surface area contributed by atoms with Crippen molar-refractivity contribution in [2.45, 2.75) is 18.9 Å². The average Bonchev–Trinajstić information content (AvgIpc) is 2.78. The van der Waals surface area contributed by atoms with Crippen LogP contribution in [0.3, 0.4) is 0 Å². The third-order valence-corrected chi connectivity index (χ3v) is 5.47. The summed E-state index contributed by atoms with van der Waals surface area (Å²) in [5.74, 6) is 1.41. The molecule has 0 unspecified atom stereocenters. The molecule has 2 aliphatic rings. The normalized spacial score (nSPS) is 16.6. The second kappa shape index (κ2) is 7.72. The molecular formula is C23H23N3O3. The van der Waals surface area contributed by atoms with Crippen LogP contribution >= 0.6 is 0 Å². The van der Waals surface area contributed by atoms with Gasteiger partial charge in [0.25, 0.3) is 5.91 Å². The summed E-state index contributed by atoms with van der Waals surface area (Å²) in [5, 5.41) is 7.40. The van der Waals surface area contributed by atoms with Crippen LogP contribution in [0.4, 0.5) is 0 Å². The second-order valence-corrected chi connectivity index (χ2v) is 7.43. The van der Waals surface area contributed by atoms with E-state index in [2.05, 4.69) is 10.6 Å². The minimum absolute atomic E-state index is 0.0470. The van der Waals surface area contributed by atoms with Crippen LogP contribution in [0.2, 0.25) is 0 Å². The molecule has 0 bridgehead atoms. The van der Waals surface area contributed by atoms with Gasteiger partial charge in [0.1, 0.15) is 13.2 Å². The van der Waals surface area contributed by atoms with Gasteiger partial charge in [0, 0.05) is 17.0 Å². The molecule has 3 heterocycles. The van der Waals surface area contributed by atoms with E-state index in [0.29, 0.717) is 24.5 Å². The number of ether oxygens (including phenoxy) is 2. The first-order valence-electron chi connectivity index (χ1n) is 10.1. The van der Waals surface area contributed by atoms with Crippen molar-refractivity contribution in [1.82, 2.24) is 15.6 Å². The molecule has 0 radical (unpaired) electrons. The fraction of sp³-hybridized carbons (Fsp3) is 0.304. The molecule has 0 aliphatic carbocycles. The van der Waals surface area contributed by atoms with Crippen molar-refractivity contribution in [1.29, 1.82) is 0 Å². The van der Waals surface area contributed by atoms with Gasteiger partial charge in [0.05, 0.1) is 16.8 Å². The summed E-state index contributed by atoms with van der Waals surface area (Å²) in [6, 6.07) is 15.6. The number of pyridine rings is 1. The highest BCUT2D eigenvalue weighted by Crippen LogP contribution is 2.35. The van der Waals surface area contributed by atoms with Crippen LogP contribution in [-0.2, 0) is 0 Å². The van der Waals surface area contributed by atoms with E-state index in [1.807, 2.05) is 48.5 Å². The lowest BCUT2D eigenvalue weighted by Gasteiger charge is -2.24. The Morgan fingerprint density at radius 2 is 1.79 bits per heavy atom. The summed E-state index contributed by atoms with van der Waals surface area (Å²) < 4.78 is 11.3. The van der Waals surface area contributed by atoms with Crippen molar-refractivity contribution < 1.29 is 14.3 Å². The summed E-state index contributed by atoms with van der Waals surface area (Å²) >= 11 is 0. The van der Waals surface area contributed by atoms with Gasteiger partial charge in [0.15, 0.2) is 11.5 Å². The van der Waals surface area contributed by atoms with Gasteiger partial charge in [-0.15, -0.1) is 0 Å². The van der Waals surface area contributed by atoms with E-state index in [0.717, 1.165) is 53.8 Å². The van der Waals surface area contributed by atoms with Crippen LogP contribution < -0.4 is 20.1 Å². The molecule has 1 fully saturated rings. The molecule has 6 heteroatoms. The van der Waals surface area contributed by atoms with Gasteiger partial charge in [-0.25, -0.2) is 4.98 Å². The maximum absolute atomic E-state index is 13.1. The molecule has 0 saturated carbocycles. The number of fused-ring (bicyclic) bond motifs is 2. The summed E-state index contributed by atoms with van der Waals surface area (Å²) in [4.78, 5) is 17.9. The number of benzene rings is 2. The van der Waals surface area contributed by atoms with Gasteiger partial charge < -0.3 is 20.1 Å². The molecule has 29 heavy (non-hydrogen) atoms. The van der Waals surface area contributed by atoms with E-state index in [1.165, 1.54) is 0 Å². The van der Waals surface area contributed by atoms with Crippen molar-refractivity contribution >= 4 is 16.8 Å². The molecule has 1 saturated heterocycles. The molecule has 0 atom stereocenters. The van der Waals surface area contributed by atoms with Crippen LogP contribution in [0, 0.1) is 0 Å². The molecule has 2 aromatic carbocycles. The quantitative estimate of drug-likeness (QED) is 0.720. The molecule has 1 amide bonds. The maximum Gasteiger partial charge on any atom is 0.252 e. The Bertz CT molecular complexity index is 1060. The number of carbonyl (C=O) groups excluding carboxylic acids is 1. The van der Waals surface area contributed by atoms with Crippen LogP contribution in [0.15, 0.2) is 48.5 Å². The number of rotatable bonds is 3. The summed E-state index contributed by atoms with van der Waals surface area (Å²) in [6.07, 6.45) is 1.90. The number of hydrogen-bond acceptors (Lipinski definition) is 5. The molecule has 2 N–H and O–H groups in total. The Labute approximate surface area is 169 Å². The van der Waals surface area contributed by atoms with E-state index in [9.17, 15) is 4.79 Å². The SMILES string of the molecule is O=C(NC1CCNCC1)c1cc(-c2ccc3c(c2)OCCO3)nc2ccccc12. The Balaban J connectivity index is 1.54. The summed E-state index contributed by atoms with van der Waals surface area (Å²) in [6.45, 7) is 2.96. The minimum Gasteiger partial charge on any atom is -0.486 e. The van der Waals surface area contributed by atoms with Crippen LogP contribution in [0.25, 0.3) is 22.2 Å². The van der Waals surface area contributed by atoms with Gasteiger partial charge in [-0.05, 0) is 56.3 Å². The Hall–Kier alpha value is -3.12. The third-order valence-electron chi connectivity index (χ3n) is 5.47. The first-order valence-corrected chi connectivity index (χ1v) is 10.1. The van der Waals surface area contributed by atoms with Crippen LogP contribution in [0.5, 0.6) is 11.5 Å². The van der Waals surface area contributed by atoms with Crippen LogP contribution in [-0.4, -0.2) is 43.2 Å². The fourth-order valence-corrected chi connectivity index (χ4v) is 3.94. The highest BCUT2D eigenvalue weighted by molar-refractivity contribution is 6.07. The molecule has 6 nitrogen and oxygen atoms in total. The number of piperidine rings is 1. The summed E-state index contributed by atoms with van der Waals surface area (Å²) in [7, 11) is 0. The number of hydrogen-bond donors (Lipinski definition) is 2. The highest BCUT2D eigenvalue weighted by Gasteiger charge is 2.20. The zero-order valence-electron chi connectivity index (χ0n) is 16.1. The first kappa shape index (κ1) is 17.9. The second-order valence-electron chi connectivity index (χ2n) is 7.43. The number of aromatic nitrogens is 1. The fourth-order valence-electron chi connectivity index (χ4n) is 3.94. The van der Waals surface area contributed by atoms with Gasteiger partial charge in [-0.1, -0.05) is 18.2 Å². The molecule has 3 aromatic rings. The molecular weight excluding hydrogens is 366 g/mol. The van der Waals surface area contributed by atoms with Crippen LogP contribution in [0.1, 0.15) is 23.2 Å². The number of carbonyl (C=O) groups is 1. The average molecular weight is 389 g/mol. The topological polar surface area (TPSA) is 72.5 Å². The van der Waals surface area contributed by atoms with Gasteiger partial charge >= 0.3 is 0 Å². The maximum atomic E-state index is 13.1. The van der Waals surface area contributed by atoms with Crippen molar-refractivity contribution in [3.8, 4) is 22.8 Å².